The Balaban J connectivity index is 0.000000742. The minimum absolute atomic E-state index is 0. The molecule has 0 aliphatic carbocycles. The second kappa shape index (κ2) is 11.3. The highest BCUT2D eigenvalue weighted by Gasteiger charge is 2.19. The molecule has 0 atom stereocenters. The number of benzene rings is 1. The van der Waals surface area contributed by atoms with Crippen molar-refractivity contribution in [1.82, 2.24) is 4.90 Å². The maximum absolute atomic E-state index is 7.00. The van der Waals surface area contributed by atoms with Gasteiger partial charge in [-0.05, 0) is 50.4 Å². The topological polar surface area (TPSA) is 43.7 Å². The lowest BCUT2D eigenvalue weighted by atomic mass is 9.89. The van der Waals surface area contributed by atoms with Gasteiger partial charge in [-0.25, -0.2) is 0 Å². The molecule has 2 rings (SSSR count). The van der Waals surface area contributed by atoms with Crippen LogP contribution in [0.1, 0.15) is 37.7 Å². The Morgan fingerprint density at radius 2 is 1.68 bits per heavy atom. The van der Waals surface area contributed by atoms with Crippen molar-refractivity contribution >= 4 is 20.1 Å². The molecule has 0 spiro atoms. The summed E-state index contributed by atoms with van der Waals surface area (Å²) in [7, 11) is 0. The Kier molecular flexibility index (Phi) is 11.0. The highest BCUT2D eigenvalue weighted by atomic mass is 35.5. The van der Waals surface area contributed by atoms with Crippen LogP contribution in [0.3, 0.4) is 0 Å². The van der Waals surface area contributed by atoms with E-state index in [1.165, 1.54) is 44.5 Å². The van der Waals surface area contributed by atoms with E-state index in [0.29, 0.717) is 0 Å². The predicted octanol–water partition coefficient (Wildman–Crippen LogP) is 2.20. The molecule has 2 N–H and O–H groups in total. The van der Waals surface area contributed by atoms with E-state index in [0.717, 1.165) is 5.92 Å². The van der Waals surface area contributed by atoms with E-state index < -0.39 is 0 Å². The smallest absolute Gasteiger partial charge is 0.429 e. The lowest BCUT2D eigenvalue weighted by Gasteiger charge is -2.31. The zero-order valence-corrected chi connectivity index (χ0v) is 12.4. The van der Waals surface area contributed by atoms with Gasteiger partial charge >= 0.3 is 7.69 Å². The first-order valence-electron chi connectivity index (χ1n) is 6.69. The largest absolute Gasteiger partial charge is 0.482 e. The molecule has 1 aromatic rings. The number of rotatable bonds is 3. The van der Waals surface area contributed by atoms with E-state index in [2.05, 4.69) is 42.2 Å². The quantitative estimate of drug-likeness (QED) is 0.837. The van der Waals surface area contributed by atoms with Crippen molar-refractivity contribution in [2.24, 2.45) is 0 Å². The van der Waals surface area contributed by atoms with Crippen LogP contribution in [-0.4, -0.2) is 42.3 Å². The predicted molar refractivity (Wildman–Crippen MR) is 82.6 cm³/mol. The van der Waals surface area contributed by atoms with Crippen LogP contribution in [0.2, 0.25) is 0 Å². The summed E-state index contributed by atoms with van der Waals surface area (Å²) in [4.78, 5) is 2.60. The number of hydrogen-bond acceptors (Lipinski definition) is 3. The molecule has 0 unspecified atom stereocenters. The molecular weight excluding hydrogens is 260 g/mol. The second-order valence-electron chi connectivity index (χ2n) is 4.64. The zero-order chi connectivity index (χ0) is 13.2. The summed E-state index contributed by atoms with van der Waals surface area (Å²) < 4.78 is 0. The van der Waals surface area contributed by atoms with Crippen molar-refractivity contribution in [2.45, 2.75) is 32.1 Å². The van der Waals surface area contributed by atoms with E-state index in [1.807, 2.05) is 0 Å². The van der Waals surface area contributed by atoms with E-state index >= 15 is 0 Å². The molecule has 0 saturated carbocycles. The van der Waals surface area contributed by atoms with E-state index in [4.69, 9.17) is 10.0 Å². The molecule has 1 aromatic carbocycles. The van der Waals surface area contributed by atoms with Crippen LogP contribution in [0.25, 0.3) is 0 Å². The molecule has 1 radical (unpaired) electrons. The summed E-state index contributed by atoms with van der Waals surface area (Å²) in [5.74, 6) is 0.805. The van der Waals surface area contributed by atoms with Crippen molar-refractivity contribution in [3.8, 4) is 0 Å². The fourth-order valence-corrected chi connectivity index (χ4v) is 2.53. The molecule has 1 aliphatic heterocycles. The van der Waals surface area contributed by atoms with Crippen LogP contribution < -0.4 is 0 Å². The van der Waals surface area contributed by atoms with Crippen molar-refractivity contribution in [2.75, 3.05) is 19.6 Å². The molecule has 0 aromatic heterocycles. The number of piperidine rings is 1. The van der Waals surface area contributed by atoms with Gasteiger partial charge in [-0.15, -0.1) is 12.4 Å². The van der Waals surface area contributed by atoms with Crippen molar-refractivity contribution in [3.63, 3.8) is 0 Å². The number of likely N-dealkylation sites (tertiary alicyclic amines) is 1. The van der Waals surface area contributed by atoms with Gasteiger partial charge in [0.1, 0.15) is 0 Å². The van der Waals surface area contributed by atoms with Gasteiger partial charge in [-0.1, -0.05) is 37.3 Å². The molecule has 5 heteroatoms. The molecule has 0 amide bonds. The molecular formula is C14H24BClNO2. The van der Waals surface area contributed by atoms with E-state index in [9.17, 15) is 0 Å². The first kappa shape index (κ1) is 18.5. The van der Waals surface area contributed by atoms with Crippen molar-refractivity contribution in [3.05, 3.63) is 35.9 Å². The van der Waals surface area contributed by atoms with E-state index in [1.54, 1.807) is 0 Å². The summed E-state index contributed by atoms with van der Waals surface area (Å²) in [6.07, 6.45) is 3.96. The summed E-state index contributed by atoms with van der Waals surface area (Å²) in [5.41, 5.74) is 1.54. The Hall–Kier alpha value is -0.545. The van der Waals surface area contributed by atoms with Crippen molar-refractivity contribution in [1.29, 1.82) is 0 Å². The number of nitrogens with zero attached hydrogens (tertiary/aromatic N) is 1. The fraction of sp³-hybridized carbons (Fsp3) is 0.571. The minimum atomic E-state index is 0. The Labute approximate surface area is 123 Å². The van der Waals surface area contributed by atoms with Crippen LogP contribution in [0.5, 0.6) is 0 Å². The third kappa shape index (κ3) is 6.97. The molecule has 0 bridgehead atoms. The highest BCUT2D eigenvalue weighted by molar-refractivity contribution is 6.13. The van der Waals surface area contributed by atoms with Crippen LogP contribution in [0, 0.1) is 0 Å². The van der Waals surface area contributed by atoms with Gasteiger partial charge in [0.15, 0.2) is 0 Å². The Morgan fingerprint density at radius 3 is 2.16 bits per heavy atom. The molecule has 1 aliphatic rings. The van der Waals surface area contributed by atoms with Crippen molar-refractivity contribution < 1.29 is 10.0 Å². The van der Waals surface area contributed by atoms with Gasteiger partial charge in [-0.3, -0.25) is 0 Å². The average Bonchev–Trinajstić information content (AvgIpc) is 2.42. The Morgan fingerprint density at radius 1 is 1.16 bits per heavy atom. The monoisotopic (exact) mass is 284 g/mol. The van der Waals surface area contributed by atoms with Gasteiger partial charge in [-0.2, -0.15) is 0 Å². The maximum atomic E-state index is 7.00. The summed E-state index contributed by atoms with van der Waals surface area (Å²) in [5, 5.41) is 14.0. The molecule has 1 saturated heterocycles. The summed E-state index contributed by atoms with van der Waals surface area (Å²) in [6.45, 7) is 6.12. The fourth-order valence-electron chi connectivity index (χ4n) is 2.53. The second-order valence-corrected chi connectivity index (χ2v) is 4.64. The summed E-state index contributed by atoms with van der Waals surface area (Å²) >= 11 is 0. The normalized spacial score (nSPS) is 15.9. The first-order valence-corrected chi connectivity index (χ1v) is 6.69. The third-order valence-corrected chi connectivity index (χ3v) is 3.40. The molecule has 19 heavy (non-hydrogen) atoms. The van der Waals surface area contributed by atoms with Crippen LogP contribution in [0.4, 0.5) is 0 Å². The van der Waals surface area contributed by atoms with Gasteiger partial charge in [0.05, 0.1) is 0 Å². The highest BCUT2D eigenvalue weighted by Crippen LogP contribution is 2.27. The van der Waals surface area contributed by atoms with Crippen LogP contribution in [0.15, 0.2) is 30.3 Å². The lowest BCUT2D eigenvalue weighted by molar-refractivity contribution is 0.213. The lowest BCUT2D eigenvalue weighted by Crippen LogP contribution is -2.33. The van der Waals surface area contributed by atoms with Crippen LogP contribution in [-0.2, 0) is 0 Å². The molecule has 1 fully saturated rings. The Bertz CT molecular complexity index is 306. The van der Waals surface area contributed by atoms with Gasteiger partial charge in [0.25, 0.3) is 0 Å². The molecule has 3 nitrogen and oxygen atoms in total. The molecule has 1 heterocycles. The number of halogens is 1. The van der Waals surface area contributed by atoms with Gasteiger partial charge in [0.2, 0.25) is 0 Å². The van der Waals surface area contributed by atoms with E-state index in [-0.39, 0.29) is 20.1 Å². The van der Waals surface area contributed by atoms with Gasteiger partial charge < -0.3 is 14.9 Å². The van der Waals surface area contributed by atoms with Gasteiger partial charge in [0, 0.05) is 0 Å². The third-order valence-electron chi connectivity index (χ3n) is 3.40. The maximum Gasteiger partial charge on any atom is 0.482 e. The summed E-state index contributed by atoms with van der Waals surface area (Å²) in [6, 6.07) is 11.0. The van der Waals surface area contributed by atoms with Crippen LogP contribution >= 0.6 is 12.4 Å². The molecule has 107 valence electrons. The minimum Gasteiger partial charge on any atom is -0.429 e. The standard InChI is InChI=1S/C14H21N.BH2O2.ClH/c1-2-10-15-11-8-14(9-12-15)13-6-4-3-5-7-13;2-1-3;/h3-7,14H,2,8-12H2,1H3;2-3H;1H. The first-order chi connectivity index (χ1) is 8.81. The average molecular weight is 285 g/mol. The zero-order valence-electron chi connectivity index (χ0n) is 11.5. The number of hydrogen-bond donors (Lipinski definition) is 2. The SMILES string of the molecule is CCCN1CCC(c2ccccc2)CC1.Cl.O[B]O.